The van der Waals surface area contributed by atoms with Crippen molar-refractivity contribution in [1.82, 2.24) is 19.4 Å². The van der Waals surface area contributed by atoms with Crippen LogP contribution in [0.4, 0.5) is 0 Å². The number of sulfonamides is 1. The summed E-state index contributed by atoms with van der Waals surface area (Å²) in [5, 5.41) is 2.57. The van der Waals surface area contributed by atoms with Gasteiger partial charge < -0.3 is 14.6 Å². The minimum absolute atomic E-state index is 0.00458. The quantitative estimate of drug-likeness (QED) is 0.602. The first-order valence-electron chi connectivity index (χ1n) is 10.2. The van der Waals surface area contributed by atoms with Gasteiger partial charge in [-0.15, -0.1) is 0 Å². The van der Waals surface area contributed by atoms with E-state index < -0.39 is 15.9 Å². The highest BCUT2D eigenvalue weighted by molar-refractivity contribution is 7.88. The largest absolute Gasteiger partial charge is 0.438 e. The molecule has 1 aromatic heterocycles. The molecule has 1 aliphatic rings. The molecule has 0 atom stereocenters. The summed E-state index contributed by atoms with van der Waals surface area (Å²) in [6.07, 6.45) is 0.827. The number of nitrogens with one attached hydrogen (secondary N) is 1. The molecule has 0 bridgehead atoms. The third kappa shape index (κ3) is 5.91. The van der Waals surface area contributed by atoms with Crippen molar-refractivity contribution in [2.24, 2.45) is 0 Å². The van der Waals surface area contributed by atoms with Crippen LogP contribution in [0.1, 0.15) is 22.5 Å². The van der Waals surface area contributed by atoms with E-state index in [1.54, 1.807) is 0 Å². The van der Waals surface area contributed by atoms with Gasteiger partial charge in [-0.1, -0.05) is 30.3 Å². The van der Waals surface area contributed by atoms with Gasteiger partial charge in [-0.25, -0.2) is 12.7 Å². The molecule has 9 heteroatoms. The summed E-state index contributed by atoms with van der Waals surface area (Å²) in [6.45, 7) is 6.53. The molecular formula is C21H30N4O4S. The van der Waals surface area contributed by atoms with Crippen molar-refractivity contribution in [2.45, 2.75) is 18.1 Å². The molecule has 0 radical (unpaired) electrons. The van der Waals surface area contributed by atoms with Gasteiger partial charge in [-0.2, -0.15) is 0 Å². The lowest BCUT2D eigenvalue weighted by atomic mass is 10.2. The summed E-state index contributed by atoms with van der Waals surface area (Å²) >= 11 is 0. The summed E-state index contributed by atoms with van der Waals surface area (Å²) in [6, 6.07) is 13.2. The maximum atomic E-state index is 12.2. The van der Waals surface area contributed by atoms with Gasteiger partial charge >= 0.3 is 0 Å². The van der Waals surface area contributed by atoms with E-state index in [4.69, 9.17) is 4.42 Å². The standard InChI is InChI=1S/C21H30N4O4S/c1-23(2)30(27,28)20-10-9-19(29-20)21(26)22-11-6-12-24-13-15-25(16-14-24)17-18-7-4-3-5-8-18/h3-5,7-10H,6,11-17H2,1-2H3,(H,22,26). The van der Waals surface area contributed by atoms with Crippen LogP contribution in [0.3, 0.4) is 0 Å². The Morgan fingerprint density at radius 1 is 1.03 bits per heavy atom. The highest BCUT2D eigenvalue weighted by Crippen LogP contribution is 2.16. The van der Waals surface area contributed by atoms with E-state index in [0.29, 0.717) is 6.54 Å². The molecule has 0 saturated carbocycles. The maximum absolute atomic E-state index is 12.2. The van der Waals surface area contributed by atoms with Crippen molar-refractivity contribution in [1.29, 1.82) is 0 Å². The molecule has 0 aliphatic carbocycles. The predicted octanol–water partition coefficient (Wildman–Crippen LogP) is 1.47. The van der Waals surface area contributed by atoms with Crippen molar-refractivity contribution >= 4 is 15.9 Å². The van der Waals surface area contributed by atoms with Crippen LogP contribution >= 0.6 is 0 Å². The lowest BCUT2D eigenvalue weighted by molar-refractivity contribution is 0.0914. The molecule has 1 N–H and O–H groups in total. The number of hydrogen-bond donors (Lipinski definition) is 1. The molecule has 0 unspecified atom stereocenters. The Labute approximate surface area is 178 Å². The van der Waals surface area contributed by atoms with Gasteiger partial charge in [-0.05, 0) is 30.7 Å². The topological polar surface area (TPSA) is 86.1 Å². The van der Waals surface area contributed by atoms with E-state index >= 15 is 0 Å². The van der Waals surface area contributed by atoms with Crippen LogP contribution in [0.5, 0.6) is 0 Å². The van der Waals surface area contributed by atoms with Crippen molar-refractivity contribution in [3.63, 3.8) is 0 Å². The molecule has 2 heterocycles. The number of furan rings is 1. The van der Waals surface area contributed by atoms with Gasteiger partial charge in [0.2, 0.25) is 5.09 Å². The summed E-state index contributed by atoms with van der Waals surface area (Å²) in [7, 11) is -0.846. The minimum atomic E-state index is -3.68. The zero-order valence-electron chi connectivity index (χ0n) is 17.6. The zero-order valence-corrected chi connectivity index (χ0v) is 18.4. The molecule has 30 heavy (non-hydrogen) atoms. The van der Waals surface area contributed by atoms with Crippen molar-refractivity contribution in [3.05, 3.63) is 53.8 Å². The van der Waals surface area contributed by atoms with E-state index in [0.717, 1.165) is 50.0 Å². The Kier molecular flexibility index (Phi) is 7.65. The fraction of sp³-hybridized carbons (Fsp3) is 0.476. The Bertz CT molecular complexity index is 919. The Morgan fingerprint density at radius 2 is 1.70 bits per heavy atom. The Morgan fingerprint density at radius 3 is 2.37 bits per heavy atom. The number of amides is 1. The van der Waals surface area contributed by atoms with E-state index in [-0.39, 0.29) is 10.9 Å². The van der Waals surface area contributed by atoms with Crippen LogP contribution in [0, 0.1) is 0 Å². The van der Waals surface area contributed by atoms with Gasteiger partial charge in [0.05, 0.1) is 0 Å². The number of hydrogen-bond acceptors (Lipinski definition) is 6. The number of nitrogens with zero attached hydrogens (tertiary/aromatic N) is 3. The second-order valence-corrected chi connectivity index (χ2v) is 9.70. The van der Waals surface area contributed by atoms with Crippen LogP contribution in [0.25, 0.3) is 0 Å². The van der Waals surface area contributed by atoms with Gasteiger partial charge in [0, 0.05) is 53.4 Å². The van der Waals surface area contributed by atoms with Crippen molar-refractivity contribution in [3.8, 4) is 0 Å². The predicted molar refractivity (Wildman–Crippen MR) is 115 cm³/mol. The van der Waals surface area contributed by atoms with Crippen molar-refractivity contribution < 1.29 is 17.6 Å². The average molecular weight is 435 g/mol. The SMILES string of the molecule is CN(C)S(=O)(=O)c1ccc(C(=O)NCCCN2CCN(Cc3ccccc3)CC2)o1. The Hall–Kier alpha value is -2.20. The molecule has 0 spiro atoms. The molecule has 1 saturated heterocycles. The fourth-order valence-electron chi connectivity index (χ4n) is 3.37. The van der Waals surface area contributed by atoms with E-state index in [2.05, 4.69) is 39.4 Å². The first-order valence-corrected chi connectivity index (χ1v) is 11.6. The highest BCUT2D eigenvalue weighted by atomic mass is 32.2. The summed E-state index contributed by atoms with van der Waals surface area (Å²) in [5.74, 6) is -0.396. The smallest absolute Gasteiger partial charge is 0.287 e. The van der Waals surface area contributed by atoms with E-state index in [1.165, 1.54) is 31.8 Å². The number of rotatable bonds is 9. The first kappa shape index (κ1) is 22.5. The second-order valence-electron chi connectivity index (χ2n) is 7.62. The van der Waals surface area contributed by atoms with Crippen LogP contribution in [-0.2, 0) is 16.6 Å². The van der Waals surface area contributed by atoms with E-state index in [9.17, 15) is 13.2 Å². The van der Waals surface area contributed by atoms with Gasteiger partial charge in [0.15, 0.2) is 5.76 Å². The highest BCUT2D eigenvalue weighted by Gasteiger charge is 2.23. The lowest BCUT2D eigenvalue weighted by Gasteiger charge is -2.34. The molecule has 1 amide bonds. The normalized spacial score (nSPS) is 16.1. The van der Waals surface area contributed by atoms with Crippen molar-refractivity contribution in [2.75, 3.05) is 53.4 Å². The molecule has 8 nitrogen and oxygen atoms in total. The third-order valence-electron chi connectivity index (χ3n) is 5.19. The summed E-state index contributed by atoms with van der Waals surface area (Å²) < 4.78 is 30.3. The summed E-state index contributed by atoms with van der Waals surface area (Å²) in [5.41, 5.74) is 1.34. The van der Waals surface area contributed by atoms with Gasteiger partial charge in [-0.3, -0.25) is 9.69 Å². The molecule has 2 aromatic rings. The van der Waals surface area contributed by atoms with E-state index in [1.807, 2.05) is 6.07 Å². The first-order chi connectivity index (χ1) is 14.4. The van der Waals surface area contributed by atoms with Gasteiger partial charge in [0.1, 0.15) is 0 Å². The molecule has 3 rings (SSSR count). The third-order valence-corrected chi connectivity index (χ3v) is 6.88. The molecule has 1 aromatic carbocycles. The molecular weight excluding hydrogens is 404 g/mol. The van der Waals surface area contributed by atoms with Crippen LogP contribution in [0.15, 0.2) is 52.0 Å². The maximum Gasteiger partial charge on any atom is 0.287 e. The molecule has 164 valence electrons. The second kappa shape index (κ2) is 10.2. The summed E-state index contributed by atoms with van der Waals surface area (Å²) in [4.78, 5) is 17.1. The van der Waals surface area contributed by atoms with Crippen LogP contribution in [-0.4, -0.2) is 81.8 Å². The van der Waals surface area contributed by atoms with Crippen LogP contribution < -0.4 is 5.32 Å². The number of benzene rings is 1. The number of carbonyl (C=O) groups excluding carboxylic acids is 1. The zero-order chi connectivity index (χ0) is 21.6. The molecule has 1 aliphatic heterocycles. The minimum Gasteiger partial charge on any atom is -0.438 e. The monoisotopic (exact) mass is 434 g/mol. The Balaban J connectivity index is 1.35. The molecule has 1 fully saturated rings. The average Bonchev–Trinajstić information content (AvgIpc) is 3.24. The van der Waals surface area contributed by atoms with Crippen LogP contribution in [0.2, 0.25) is 0 Å². The lowest BCUT2D eigenvalue weighted by Crippen LogP contribution is -2.46. The number of piperazine rings is 1. The van der Waals surface area contributed by atoms with Gasteiger partial charge in [0.25, 0.3) is 15.9 Å². The number of carbonyl (C=O) groups is 1. The fourth-order valence-corrected chi connectivity index (χ4v) is 4.16.